The summed E-state index contributed by atoms with van der Waals surface area (Å²) in [6.45, 7) is 0. The zero-order valence-corrected chi connectivity index (χ0v) is 9.53. The maximum Gasteiger partial charge on any atom is 0.417 e. The lowest BCUT2D eigenvalue weighted by Gasteiger charge is -2.12. The van der Waals surface area contributed by atoms with Gasteiger partial charge in [-0.2, -0.15) is 13.2 Å². The first kappa shape index (κ1) is 13.2. The number of hydrogen-bond donors (Lipinski definition) is 0. The summed E-state index contributed by atoms with van der Waals surface area (Å²) in [5.41, 5.74) is -2.10. The van der Waals surface area contributed by atoms with Gasteiger partial charge in [0.15, 0.2) is 5.78 Å². The van der Waals surface area contributed by atoms with Crippen molar-refractivity contribution in [2.45, 2.75) is 12.6 Å². The highest BCUT2D eigenvalue weighted by Crippen LogP contribution is 2.33. The molecule has 0 unspecified atom stereocenters. The highest BCUT2D eigenvalue weighted by molar-refractivity contribution is 9.09. The van der Waals surface area contributed by atoms with Gasteiger partial charge in [-0.05, 0) is 12.1 Å². The summed E-state index contributed by atoms with van der Waals surface area (Å²) in [4.78, 5) is 11.4. The molecule has 0 aliphatic heterocycles. The van der Waals surface area contributed by atoms with Crippen LogP contribution in [0.25, 0.3) is 0 Å². The molecular formula is C10H7BrF4O. The number of carbonyl (C=O) groups is 1. The topological polar surface area (TPSA) is 17.1 Å². The summed E-state index contributed by atoms with van der Waals surface area (Å²) in [5.74, 6) is -2.00. The highest BCUT2D eigenvalue weighted by Gasteiger charge is 2.36. The van der Waals surface area contributed by atoms with Gasteiger partial charge in [0.1, 0.15) is 5.82 Å². The summed E-state index contributed by atoms with van der Waals surface area (Å²) in [7, 11) is 0. The molecule has 16 heavy (non-hydrogen) atoms. The van der Waals surface area contributed by atoms with Crippen molar-refractivity contribution in [2.24, 2.45) is 0 Å². The summed E-state index contributed by atoms with van der Waals surface area (Å²) in [6.07, 6.45) is -4.90. The molecule has 0 fully saturated rings. The van der Waals surface area contributed by atoms with Gasteiger partial charge in [-0.25, -0.2) is 4.39 Å². The molecule has 0 saturated carbocycles. The average molecular weight is 299 g/mol. The van der Waals surface area contributed by atoms with Gasteiger partial charge in [-0.3, -0.25) is 4.79 Å². The Kier molecular flexibility index (Phi) is 4.07. The number of ketones is 1. The molecule has 0 amide bonds. The van der Waals surface area contributed by atoms with E-state index >= 15 is 0 Å². The number of Topliss-reactive ketones (excluding diaryl/α,β-unsaturated/α-hetero) is 1. The third kappa shape index (κ3) is 2.81. The maximum atomic E-state index is 13.2. The number of hydrogen-bond acceptors (Lipinski definition) is 1. The van der Waals surface area contributed by atoms with Crippen LogP contribution in [0.2, 0.25) is 0 Å². The van der Waals surface area contributed by atoms with Crippen LogP contribution in [-0.4, -0.2) is 11.1 Å². The van der Waals surface area contributed by atoms with E-state index in [4.69, 9.17) is 0 Å². The Hall–Kier alpha value is -0.910. The van der Waals surface area contributed by atoms with E-state index in [9.17, 15) is 22.4 Å². The molecule has 1 aromatic rings. The van der Waals surface area contributed by atoms with Gasteiger partial charge >= 0.3 is 6.18 Å². The standard InChI is InChI=1S/C10H7BrF4O/c11-5-4-8(16)9-6(10(13,14)15)2-1-3-7(9)12/h1-3H,4-5H2. The van der Waals surface area contributed by atoms with Crippen molar-refractivity contribution in [3.63, 3.8) is 0 Å². The number of halogens is 5. The molecule has 0 aliphatic rings. The third-order valence-corrected chi connectivity index (χ3v) is 2.32. The van der Waals surface area contributed by atoms with Gasteiger partial charge in [0.2, 0.25) is 0 Å². The maximum absolute atomic E-state index is 13.2. The van der Waals surface area contributed by atoms with E-state index < -0.39 is 28.9 Å². The summed E-state index contributed by atoms with van der Waals surface area (Å²) < 4.78 is 50.7. The van der Waals surface area contributed by atoms with Crippen LogP contribution in [0, 0.1) is 5.82 Å². The number of alkyl halides is 4. The van der Waals surface area contributed by atoms with Gasteiger partial charge in [0.05, 0.1) is 11.1 Å². The van der Waals surface area contributed by atoms with E-state index in [0.29, 0.717) is 6.07 Å². The molecule has 0 bridgehead atoms. The Labute approximate surface area is 97.6 Å². The van der Waals surface area contributed by atoms with Crippen molar-refractivity contribution in [2.75, 3.05) is 5.33 Å². The van der Waals surface area contributed by atoms with Gasteiger partial charge < -0.3 is 0 Å². The molecule has 0 aliphatic carbocycles. The van der Waals surface area contributed by atoms with Gasteiger partial charge in [-0.15, -0.1) is 0 Å². The van der Waals surface area contributed by atoms with E-state index in [0.717, 1.165) is 12.1 Å². The van der Waals surface area contributed by atoms with Crippen molar-refractivity contribution in [1.29, 1.82) is 0 Å². The third-order valence-electron chi connectivity index (χ3n) is 1.92. The lowest BCUT2D eigenvalue weighted by Crippen LogP contribution is -2.15. The van der Waals surface area contributed by atoms with E-state index in [1.807, 2.05) is 0 Å². The minimum atomic E-state index is -4.72. The fourth-order valence-electron chi connectivity index (χ4n) is 1.25. The van der Waals surface area contributed by atoms with Crippen molar-refractivity contribution < 1.29 is 22.4 Å². The number of benzene rings is 1. The van der Waals surface area contributed by atoms with E-state index in [2.05, 4.69) is 15.9 Å². The average Bonchev–Trinajstić information content (AvgIpc) is 2.16. The Bertz CT molecular complexity index is 400. The Morgan fingerprint density at radius 1 is 1.31 bits per heavy atom. The molecule has 0 spiro atoms. The second kappa shape index (κ2) is 4.95. The zero-order chi connectivity index (χ0) is 12.3. The normalized spacial score (nSPS) is 11.6. The zero-order valence-electron chi connectivity index (χ0n) is 7.94. The highest BCUT2D eigenvalue weighted by atomic mass is 79.9. The van der Waals surface area contributed by atoms with Crippen molar-refractivity contribution in [3.8, 4) is 0 Å². The molecule has 0 atom stereocenters. The van der Waals surface area contributed by atoms with Gasteiger partial charge in [-0.1, -0.05) is 22.0 Å². The Morgan fingerprint density at radius 3 is 2.44 bits per heavy atom. The molecular weight excluding hydrogens is 292 g/mol. The second-order valence-electron chi connectivity index (χ2n) is 3.02. The molecule has 0 radical (unpaired) electrons. The summed E-state index contributed by atoms with van der Waals surface area (Å²) in [6, 6.07) is 2.48. The van der Waals surface area contributed by atoms with Crippen LogP contribution in [0.4, 0.5) is 17.6 Å². The fraction of sp³-hybridized carbons (Fsp3) is 0.300. The molecule has 0 saturated heterocycles. The van der Waals surface area contributed by atoms with Crippen molar-refractivity contribution >= 4 is 21.7 Å². The first-order valence-corrected chi connectivity index (χ1v) is 5.45. The van der Waals surface area contributed by atoms with E-state index in [1.54, 1.807) is 0 Å². The van der Waals surface area contributed by atoms with Crippen molar-refractivity contribution in [3.05, 3.63) is 35.1 Å². The molecule has 0 heterocycles. The van der Waals surface area contributed by atoms with E-state index in [-0.39, 0.29) is 11.8 Å². The van der Waals surface area contributed by atoms with Crippen LogP contribution in [0.5, 0.6) is 0 Å². The first-order chi connectivity index (χ1) is 7.38. The predicted molar refractivity (Wildman–Crippen MR) is 54.1 cm³/mol. The fourth-order valence-corrected chi connectivity index (χ4v) is 1.61. The van der Waals surface area contributed by atoms with Gasteiger partial charge in [0, 0.05) is 11.8 Å². The largest absolute Gasteiger partial charge is 0.417 e. The predicted octanol–water partition coefficient (Wildman–Crippen LogP) is 3.81. The monoisotopic (exact) mass is 298 g/mol. The molecule has 0 N–H and O–H groups in total. The lowest BCUT2D eigenvalue weighted by atomic mass is 10.0. The molecule has 0 aromatic heterocycles. The molecule has 88 valence electrons. The van der Waals surface area contributed by atoms with Crippen LogP contribution >= 0.6 is 15.9 Å². The smallest absolute Gasteiger partial charge is 0.294 e. The summed E-state index contributed by atoms with van der Waals surface area (Å²) in [5, 5.41) is 0.192. The number of rotatable bonds is 3. The van der Waals surface area contributed by atoms with Crippen LogP contribution in [-0.2, 0) is 6.18 Å². The SMILES string of the molecule is O=C(CCBr)c1c(F)cccc1C(F)(F)F. The Morgan fingerprint density at radius 2 is 1.94 bits per heavy atom. The van der Waals surface area contributed by atoms with Crippen LogP contribution in [0.1, 0.15) is 22.3 Å². The van der Waals surface area contributed by atoms with Crippen molar-refractivity contribution in [1.82, 2.24) is 0 Å². The van der Waals surface area contributed by atoms with E-state index in [1.165, 1.54) is 0 Å². The molecule has 6 heteroatoms. The molecule has 1 nitrogen and oxygen atoms in total. The van der Waals surface area contributed by atoms with Crippen LogP contribution in [0.15, 0.2) is 18.2 Å². The lowest BCUT2D eigenvalue weighted by molar-refractivity contribution is -0.138. The van der Waals surface area contributed by atoms with Crippen LogP contribution < -0.4 is 0 Å². The molecule has 1 aromatic carbocycles. The minimum Gasteiger partial charge on any atom is -0.294 e. The summed E-state index contributed by atoms with van der Waals surface area (Å²) >= 11 is 2.92. The molecule has 1 rings (SSSR count). The second-order valence-corrected chi connectivity index (χ2v) is 3.82. The first-order valence-electron chi connectivity index (χ1n) is 4.32. The van der Waals surface area contributed by atoms with Gasteiger partial charge in [0.25, 0.3) is 0 Å². The minimum absolute atomic E-state index is 0.177. The Balaban J connectivity index is 3.30. The quantitative estimate of drug-likeness (QED) is 0.471. The van der Waals surface area contributed by atoms with Crippen LogP contribution in [0.3, 0.4) is 0 Å². The number of carbonyl (C=O) groups excluding carboxylic acids is 1.